The van der Waals surface area contributed by atoms with Crippen molar-refractivity contribution in [3.05, 3.63) is 176 Å². The minimum Gasteiger partial charge on any atom is -0.456 e. The lowest BCUT2D eigenvalue weighted by molar-refractivity contribution is 0.669. The molecule has 0 saturated heterocycles. The van der Waals surface area contributed by atoms with Gasteiger partial charge in [-0.15, -0.1) is 0 Å². The SMILES string of the molecule is c1ccc(-c2ccc3ccc(-c4nc(-c5ccc6cc7oc8ccccc8c7cc6c5)nc(-c5ccc6ccc7ccccc7c6c5)n4)cc3c2)cc1. The molecule has 0 atom stereocenters. The van der Waals surface area contributed by atoms with E-state index in [-0.39, 0.29) is 0 Å². The molecule has 0 bridgehead atoms. The van der Waals surface area contributed by atoms with E-state index >= 15 is 0 Å². The summed E-state index contributed by atoms with van der Waals surface area (Å²) >= 11 is 0. The van der Waals surface area contributed by atoms with E-state index in [1.165, 1.54) is 32.7 Å². The molecule has 246 valence electrons. The predicted molar refractivity (Wildman–Crippen MR) is 219 cm³/mol. The molecule has 0 unspecified atom stereocenters. The van der Waals surface area contributed by atoms with Gasteiger partial charge in [-0.1, -0.05) is 133 Å². The Labute approximate surface area is 304 Å². The number of fused-ring (bicyclic) bond motifs is 8. The van der Waals surface area contributed by atoms with Crippen molar-refractivity contribution < 1.29 is 4.42 Å². The average molecular weight is 676 g/mol. The summed E-state index contributed by atoms with van der Waals surface area (Å²) in [5, 5.41) is 11.5. The van der Waals surface area contributed by atoms with Gasteiger partial charge in [0.05, 0.1) is 0 Å². The molecule has 4 heteroatoms. The maximum absolute atomic E-state index is 6.19. The molecular weight excluding hydrogens is 647 g/mol. The molecule has 53 heavy (non-hydrogen) atoms. The van der Waals surface area contributed by atoms with Crippen LogP contribution in [0, 0.1) is 0 Å². The van der Waals surface area contributed by atoms with E-state index in [4.69, 9.17) is 19.4 Å². The molecule has 11 aromatic rings. The van der Waals surface area contributed by atoms with Gasteiger partial charge in [-0.25, -0.2) is 15.0 Å². The molecule has 4 nitrogen and oxygen atoms in total. The highest BCUT2D eigenvalue weighted by molar-refractivity contribution is 6.11. The fourth-order valence-corrected chi connectivity index (χ4v) is 7.71. The van der Waals surface area contributed by atoms with E-state index in [1.54, 1.807) is 0 Å². The van der Waals surface area contributed by atoms with E-state index in [1.807, 2.05) is 18.2 Å². The monoisotopic (exact) mass is 675 g/mol. The second kappa shape index (κ2) is 11.7. The normalized spacial score (nSPS) is 11.8. The summed E-state index contributed by atoms with van der Waals surface area (Å²) in [7, 11) is 0. The average Bonchev–Trinajstić information content (AvgIpc) is 3.59. The van der Waals surface area contributed by atoms with Gasteiger partial charge in [0.25, 0.3) is 0 Å². The Morgan fingerprint density at radius 1 is 0.264 bits per heavy atom. The summed E-state index contributed by atoms with van der Waals surface area (Å²) < 4.78 is 6.19. The summed E-state index contributed by atoms with van der Waals surface area (Å²) in [6, 6.07) is 61.9. The van der Waals surface area contributed by atoms with Gasteiger partial charge in [-0.05, 0) is 96.7 Å². The summed E-state index contributed by atoms with van der Waals surface area (Å²) in [5.74, 6) is 1.89. The summed E-state index contributed by atoms with van der Waals surface area (Å²) in [5.41, 5.74) is 6.93. The molecule has 0 saturated carbocycles. The van der Waals surface area contributed by atoms with Crippen LogP contribution in [0.3, 0.4) is 0 Å². The number of hydrogen-bond donors (Lipinski definition) is 0. The first kappa shape index (κ1) is 29.5. The smallest absolute Gasteiger partial charge is 0.164 e. The van der Waals surface area contributed by atoms with E-state index < -0.39 is 0 Å². The van der Waals surface area contributed by atoms with Gasteiger partial charge in [-0.3, -0.25) is 0 Å². The van der Waals surface area contributed by atoms with Gasteiger partial charge in [0.2, 0.25) is 0 Å². The highest BCUT2D eigenvalue weighted by atomic mass is 16.3. The van der Waals surface area contributed by atoms with Crippen LogP contribution in [0.25, 0.3) is 110 Å². The van der Waals surface area contributed by atoms with E-state index in [9.17, 15) is 0 Å². The molecule has 0 N–H and O–H groups in total. The van der Waals surface area contributed by atoms with Gasteiger partial charge in [0.15, 0.2) is 17.5 Å². The first-order valence-electron chi connectivity index (χ1n) is 17.8. The number of hydrogen-bond acceptors (Lipinski definition) is 4. The summed E-state index contributed by atoms with van der Waals surface area (Å²) in [4.78, 5) is 15.5. The molecule has 0 spiro atoms. The van der Waals surface area contributed by atoms with Gasteiger partial charge in [0.1, 0.15) is 11.2 Å². The zero-order valence-corrected chi connectivity index (χ0v) is 28.5. The second-order valence-corrected chi connectivity index (χ2v) is 13.7. The lowest BCUT2D eigenvalue weighted by Gasteiger charge is -2.11. The topological polar surface area (TPSA) is 51.8 Å². The van der Waals surface area contributed by atoms with Gasteiger partial charge in [0, 0.05) is 27.5 Å². The van der Waals surface area contributed by atoms with Crippen LogP contribution in [-0.2, 0) is 0 Å². The number of nitrogens with zero attached hydrogens (tertiary/aromatic N) is 3. The third-order valence-corrected chi connectivity index (χ3v) is 10.4. The molecule has 0 aliphatic rings. The van der Waals surface area contributed by atoms with Crippen LogP contribution in [0.4, 0.5) is 0 Å². The zero-order valence-electron chi connectivity index (χ0n) is 28.5. The quantitative estimate of drug-likeness (QED) is 0.174. The van der Waals surface area contributed by atoms with Crippen molar-refractivity contribution in [3.63, 3.8) is 0 Å². The highest BCUT2D eigenvalue weighted by Gasteiger charge is 2.16. The zero-order chi connectivity index (χ0) is 34.9. The predicted octanol–water partition coefficient (Wildman–Crippen LogP) is 13.1. The van der Waals surface area contributed by atoms with Crippen molar-refractivity contribution in [2.75, 3.05) is 0 Å². The number of benzene rings is 9. The third kappa shape index (κ3) is 5.03. The Morgan fingerprint density at radius 2 is 0.792 bits per heavy atom. The van der Waals surface area contributed by atoms with Crippen molar-refractivity contribution in [3.8, 4) is 45.3 Å². The summed E-state index contributed by atoms with van der Waals surface area (Å²) in [6.07, 6.45) is 0. The third-order valence-electron chi connectivity index (χ3n) is 10.4. The summed E-state index contributed by atoms with van der Waals surface area (Å²) in [6.45, 7) is 0. The highest BCUT2D eigenvalue weighted by Crippen LogP contribution is 2.36. The molecule has 9 aromatic carbocycles. The molecule has 0 aliphatic carbocycles. The van der Waals surface area contributed by atoms with Crippen LogP contribution in [0.1, 0.15) is 0 Å². The van der Waals surface area contributed by atoms with E-state index in [2.05, 4.69) is 158 Å². The van der Waals surface area contributed by atoms with Crippen molar-refractivity contribution >= 4 is 65.0 Å². The van der Waals surface area contributed by atoms with Crippen molar-refractivity contribution in [2.24, 2.45) is 0 Å². The fraction of sp³-hybridized carbons (Fsp3) is 0. The molecule has 0 radical (unpaired) electrons. The largest absolute Gasteiger partial charge is 0.456 e. The molecule has 2 heterocycles. The lowest BCUT2D eigenvalue weighted by atomic mass is 9.99. The maximum atomic E-state index is 6.19. The van der Waals surface area contributed by atoms with Crippen LogP contribution >= 0.6 is 0 Å². The van der Waals surface area contributed by atoms with Crippen molar-refractivity contribution in [1.82, 2.24) is 15.0 Å². The molecular formula is C49H29N3O. The molecule has 2 aromatic heterocycles. The fourth-order valence-electron chi connectivity index (χ4n) is 7.71. The second-order valence-electron chi connectivity index (χ2n) is 13.7. The van der Waals surface area contributed by atoms with Crippen LogP contribution in [-0.4, -0.2) is 15.0 Å². The minimum absolute atomic E-state index is 0.625. The van der Waals surface area contributed by atoms with Crippen LogP contribution in [0.2, 0.25) is 0 Å². The van der Waals surface area contributed by atoms with Crippen LogP contribution < -0.4 is 0 Å². The lowest BCUT2D eigenvalue weighted by Crippen LogP contribution is -2.00. The molecule has 0 aliphatic heterocycles. The van der Waals surface area contributed by atoms with Crippen LogP contribution in [0.5, 0.6) is 0 Å². The standard InChI is InChI=1S/C49H29N3O/c1-2-8-30(9-3-1)34-19-14-31-15-21-36(25-39(31)24-34)47-50-48(37-23-20-35-29-46-44(28-40(35)26-37)42-12-6-7-13-45(42)53-46)52-49(51-47)38-22-18-33-17-16-32-10-4-5-11-41(32)43(33)27-38/h1-29H. The Morgan fingerprint density at radius 3 is 1.55 bits per heavy atom. The number of furan rings is 1. The minimum atomic E-state index is 0.625. The molecule has 0 amide bonds. The molecule has 11 rings (SSSR count). The molecule has 0 fully saturated rings. The maximum Gasteiger partial charge on any atom is 0.164 e. The van der Waals surface area contributed by atoms with E-state index in [0.29, 0.717) is 17.5 Å². The number of para-hydroxylation sites is 1. The Balaban J connectivity index is 1.11. The first-order valence-corrected chi connectivity index (χ1v) is 17.8. The van der Waals surface area contributed by atoms with Gasteiger partial charge >= 0.3 is 0 Å². The number of aromatic nitrogens is 3. The Bertz CT molecular complexity index is 3240. The van der Waals surface area contributed by atoms with Gasteiger partial charge < -0.3 is 4.42 Å². The van der Waals surface area contributed by atoms with Crippen molar-refractivity contribution in [2.45, 2.75) is 0 Å². The van der Waals surface area contributed by atoms with Crippen LogP contribution in [0.15, 0.2) is 180 Å². The van der Waals surface area contributed by atoms with Gasteiger partial charge in [-0.2, -0.15) is 0 Å². The number of rotatable bonds is 4. The Kier molecular flexibility index (Phi) is 6.52. The van der Waals surface area contributed by atoms with Crippen molar-refractivity contribution in [1.29, 1.82) is 0 Å². The van der Waals surface area contributed by atoms with E-state index in [0.717, 1.165) is 60.2 Å². The first-order chi connectivity index (χ1) is 26.2. The Hall–Kier alpha value is -7.17.